The van der Waals surface area contributed by atoms with Gasteiger partial charge in [-0.3, -0.25) is 14.5 Å². The second-order valence-corrected chi connectivity index (χ2v) is 8.57. The summed E-state index contributed by atoms with van der Waals surface area (Å²) in [4.78, 5) is 27.2. The number of methoxy groups -OCH3 is 1. The van der Waals surface area contributed by atoms with Crippen LogP contribution in [0.25, 0.3) is 0 Å². The smallest absolute Gasteiger partial charge is 0.315 e. The molecular weight excluding hydrogens is 419 g/mol. The van der Waals surface area contributed by atoms with Crippen molar-refractivity contribution in [3.63, 3.8) is 0 Å². The van der Waals surface area contributed by atoms with Gasteiger partial charge in [-0.2, -0.15) is 0 Å². The van der Waals surface area contributed by atoms with E-state index >= 15 is 0 Å². The van der Waals surface area contributed by atoms with Crippen molar-refractivity contribution in [1.82, 2.24) is 5.32 Å². The second kappa shape index (κ2) is 7.54. The molecule has 2 aliphatic rings. The molecule has 1 N–H and O–H groups in total. The van der Waals surface area contributed by atoms with Gasteiger partial charge in [0.05, 0.1) is 18.2 Å². The number of carbonyl (C=O) groups excluding carboxylic acids is 2. The summed E-state index contributed by atoms with van der Waals surface area (Å²) in [5, 5.41) is 3.83. The number of fused-ring (bicyclic) bond motifs is 1. The molecule has 1 amide bonds. The minimum Gasteiger partial charge on any atom is -0.468 e. The van der Waals surface area contributed by atoms with Crippen molar-refractivity contribution >= 4 is 34.9 Å². The number of esters is 1. The molecule has 0 spiro atoms. The van der Waals surface area contributed by atoms with Gasteiger partial charge in [0, 0.05) is 22.0 Å². The number of amides is 1. The van der Waals surface area contributed by atoms with Crippen molar-refractivity contribution in [1.29, 1.82) is 0 Å². The molecule has 0 saturated carbocycles. The van der Waals surface area contributed by atoms with Gasteiger partial charge in [0.15, 0.2) is 0 Å². The highest BCUT2D eigenvalue weighted by Gasteiger charge is 2.49. The Morgan fingerprint density at radius 2 is 1.90 bits per heavy atom. The van der Waals surface area contributed by atoms with E-state index in [1.54, 1.807) is 61.2 Å². The normalized spacial score (nSPS) is 24.6. The Kier molecular flexibility index (Phi) is 5.13. The first-order valence-electron chi connectivity index (χ1n) is 9.84. The van der Waals surface area contributed by atoms with Crippen molar-refractivity contribution in [2.75, 3.05) is 12.0 Å². The van der Waals surface area contributed by atoms with Gasteiger partial charge >= 0.3 is 5.97 Å². The van der Waals surface area contributed by atoms with E-state index in [1.807, 2.05) is 6.08 Å². The van der Waals surface area contributed by atoms with Crippen LogP contribution in [0.5, 0.6) is 0 Å². The fourth-order valence-electron chi connectivity index (χ4n) is 4.02. The molecule has 2 unspecified atom stereocenters. The number of nitrogens with zero attached hydrogens (tertiary/aromatic N) is 1. The number of anilines is 2. The first-order valence-corrected chi connectivity index (χ1v) is 10.2. The maximum absolute atomic E-state index is 14.2. The van der Waals surface area contributed by atoms with Gasteiger partial charge in [-0.25, -0.2) is 4.39 Å². The molecule has 0 radical (unpaired) electrons. The van der Waals surface area contributed by atoms with Crippen molar-refractivity contribution in [3.8, 4) is 0 Å². The molecule has 160 valence electrons. The largest absolute Gasteiger partial charge is 0.468 e. The standard InChI is InChI=1S/C24H22ClFN2O3/c1-23(22(30)31-3)12-10-17(11-13-23)27-24(2)19-14-16(26)6-9-20(19)28(21(24)29)18-7-4-15(25)5-8-18/h4-12,14,27H,13H2,1-3H3. The van der Waals surface area contributed by atoms with Gasteiger partial charge in [-0.05, 0) is 68.8 Å². The minimum atomic E-state index is -1.20. The number of rotatable bonds is 4. The summed E-state index contributed by atoms with van der Waals surface area (Å²) in [5.74, 6) is -1.00. The van der Waals surface area contributed by atoms with Crippen LogP contribution in [0.2, 0.25) is 5.02 Å². The van der Waals surface area contributed by atoms with E-state index in [-0.39, 0.29) is 11.9 Å². The molecule has 0 fully saturated rings. The van der Waals surface area contributed by atoms with Crippen molar-refractivity contribution in [2.45, 2.75) is 25.8 Å². The molecule has 2 atom stereocenters. The molecule has 1 heterocycles. The van der Waals surface area contributed by atoms with E-state index < -0.39 is 16.8 Å². The molecule has 0 aromatic heterocycles. The molecule has 5 nitrogen and oxygen atoms in total. The summed E-state index contributed by atoms with van der Waals surface area (Å²) < 4.78 is 19.0. The molecular formula is C24H22ClFN2O3. The van der Waals surface area contributed by atoms with E-state index in [0.717, 1.165) is 0 Å². The Balaban J connectivity index is 1.71. The van der Waals surface area contributed by atoms with Gasteiger partial charge in [-0.15, -0.1) is 0 Å². The van der Waals surface area contributed by atoms with Crippen LogP contribution in [-0.4, -0.2) is 19.0 Å². The third-order valence-electron chi connectivity index (χ3n) is 5.88. The zero-order valence-corrected chi connectivity index (χ0v) is 18.2. The zero-order valence-electron chi connectivity index (χ0n) is 17.4. The Hall–Kier alpha value is -3.12. The summed E-state index contributed by atoms with van der Waals surface area (Å²) >= 11 is 6.00. The van der Waals surface area contributed by atoms with Crippen LogP contribution in [0.1, 0.15) is 25.8 Å². The van der Waals surface area contributed by atoms with Gasteiger partial charge in [0.2, 0.25) is 0 Å². The van der Waals surface area contributed by atoms with E-state index in [4.69, 9.17) is 16.3 Å². The molecule has 0 bridgehead atoms. The molecule has 0 saturated heterocycles. The highest BCUT2D eigenvalue weighted by Crippen LogP contribution is 2.45. The molecule has 1 aliphatic carbocycles. The van der Waals surface area contributed by atoms with Crippen LogP contribution in [-0.2, 0) is 19.9 Å². The number of nitrogens with one attached hydrogen (secondary N) is 1. The predicted octanol–water partition coefficient (Wildman–Crippen LogP) is 4.99. The summed E-state index contributed by atoms with van der Waals surface area (Å²) in [6.45, 7) is 3.52. The molecule has 1 aliphatic heterocycles. The van der Waals surface area contributed by atoms with E-state index in [9.17, 15) is 14.0 Å². The Labute approximate surface area is 185 Å². The molecule has 7 heteroatoms. The number of ether oxygens (including phenoxy) is 1. The zero-order chi connectivity index (χ0) is 22.4. The maximum atomic E-state index is 14.2. The van der Waals surface area contributed by atoms with Gasteiger partial charge in [0.25, 0.3) is 5.91 Å². The van der Waals surface area contributed by atoms with E-state index in [0.29, 0.717) is 34.1 Å². The van der Waals surface area contributed by atoms with Crippen LogP contribution in [0.15, 0.2) is 66.4 Å². The number of carbonyl (C=O) groups is 2. The topological polar surface area (TPSA) is 58.6 Å². The Bertz CT molecular complexity index is 1130. The lowest BCUT2D eigenvalue weighted by Crippen LogP contribution is -2.47. The summed E-state index contributed by atoms with van der Waals surface area (Å²) in [7, 11) is 1.36. The SMILES string of the molecule is COC(=O)C1(C)C=CC(NC2(C)C(=O)N(c3ccc(Cl)cc3)c3ccc(F)cc32)=CC1. The van der Waals surface area contributed by atoms with Gasteiger partial charge in [0.1, 0.15) is 11.4 Å². The predicted molar refractivity (Wildman–Crippen MR) is 117 cm³/mol. The lowest BCUT2D eigenvalue weighted by atomic mass is 9.82. The van der Waals surface area contributed by atoms with Gasteiger partial charge in [-0.1, -0.05) is 23.8 Å². The lowest BCUT2D eigenvalue weighted by molar-refractivity contribution is -0.148. The maximum Gasteiger partial charge on any atom is 0.315 e. The van der Waals surface area contributed by atoms with Crippen LogP contribution in [0.3, 0.4) is 0 Å². The second-order valence-electron chi connectivity index (χ2n) is 8.13. The van der Waals surface area contributed by atoms with Gasteiger partial charge < -0.3 is 10.1 Å². The highest BCUT2D eigenvalue weighted by molar-refractivity contribution is 6.30. The molecule has 4 rings (SSSR count). The number of allylic oxidation sites excluding steroid dienone is 2. The first-order chi connectivity index (χ1) is 14.7. The molecule has 2 aromatic carbocycles. The third-order valence-corrected chi connectivity index (χ3v) is 6.13. The lowest BCUT2D eigenvalue weighted by Gasteiger charge is -2.31. The highest BCUT2D eigenvalue weighted by atomic mass is 35.5. The van der Waals surface area contributed by atoms with Crippen LogP contribution in [0, 0.1) is 11.2 Å². The number of halogens is 2. The summed E-state index contributed by atoms with van der Waals surface area (Å²) in [6, 6.07) is 11.2. The average molecular weight is 441 g/mol. The monoisotopic (exact) mass is 440 g/mol. The third kappa shape index (κ3) is 3.51. The molecule has 2 aromatic rings. The Morgan fingerprint density at radius 3 is 2.52 bits per heavy atom. The Morgan fingerprint density at radius 1 is 1.19 bits per heavy atom. The molecule has 31 heavy (non-hydrogen) atoms. The van der Waals surface area contributed by atoms with Crippen molar-refractivity contribution < 1.29 is 18.7 Å². The van der Waals surface area contributed by atoms with Crippen molar-refractivity contribution in [3.05, 3.63) is 82.8 Å². The van der Waals surface area contributed by atoms with E-state index in [2.05, 4.69) is 5.32 Å². The number of hydrogen-bond donors (Lipinski definition) is 1. The van der Waals surface area contributed by atoms with E-state index in [1.165, 1.54) is 19.2 Å². The van der Waals surface area contributed by atoms with Crippen LogP contribution in [0.4, 0.5) is 15.8 Å². The van der Waals surface area contributed by atoms with Crippen LogP contribution < -0.4 is 10.2 Å². The number of benzene rings is 2. The van der Waals surface area contributed by atoms with Crippen molar-refractivity contribution in [2.24, 2.45) is 5.41 Å². The number of hydrogen-bond acceptors (Lipinski definition) is 4. The van der Waals surface area contributed by atoms with Crippen LogP contribution >= 0.6 is 11.6 Å². The summed E-state index contributed by atoms with van der Waals surface area (Å²) in [6.07, 6.45) is 5.77. The summed E-state index contributed by atoms with van der Waals surface area (Å²) in [5.41, 5.74) is 0.475. The fraction of sp³-hybridized carbons (Fsp3) is 0.250. The minimum absolute atomic E-state index is 0.244. The fourth-order valence-corrected chi connectivity index (χ4v) is 4.14. The first kappa shape index (κ1) is 21.1. The average Bonchev–Trinajstić information content (AvgIpc) is 2.97. The quantitative estimate of drug-likeness (QED) is 0.681.